The van der Waals surface area contributed by atoms with Gasteiger partial charge in [-0.05, 0) is 36.8 Å². The molecular weight excluding hydrogens is 264 g/mol. The minimum absolute atomic E-state index is 0.000417. The monoisotopic (exact) mass is 276 g/mol. The van der Waals surface area contributed by atoms with Crippen molar-refractivity contribution in [1.29, 1.82) is 0 Å². The van der Waals surface area contributed by atoms with E-state index in [4.69, 9.17) is 17.3 Å². The van der Waals surface area contributed by atoms with Gasteiger partial charge in [0.2, 0.25) is 0 Å². The van der Waals surface area contributed by atoms with Crippen molar-refractivity contribution >= 4 is 28.9 Å². The molecule has 4 N–H and O–H groups in total. The van der Waals surface area contributed by atoms with Gasteiger partial charge in [-0.1, -0.05) is 23.7 Å². The number of para-hydroxylation sites is 1. The Labute approximate surface area is 115 Å². The van der Waals surface area contributed by atoms with Crippen molar-refractivity contribution in [3.8, 4) is 5.75 Å². The number of aromatic hydroxyl groups is 1. The highest BCUT2D eigenvalue weighted by Crippen LogP contribution is 2.27. The molecule has 0 atom stereocenters. The molecule has 0 aromatic heterocycles. The minimum Gasteiger partial charge on any atom is -0.506 e. The van der Waals surface area contributed by atoms with Gasteiger partial charge >= 0.3 is 0 Å². The Morgan fingerprint density at radius 2 is 2.05 bits per heavy atom. The second-order valence-electron chi connectivity index (χ2n) is 4.18. The number of benzene rings is 2. The van der Waals surface area contributed by atoms with Crippen molar-refractivity contribution in [3.63, 3.8) is 0 Å². The molecule has 4 nitrogen and oxygen atoms in total. The average Bonchev–Trinajstić information content (AvgIpc) is 2.37. The van der Waals surface area contributed by atoms with Gasteiger partial charge in [-0.25, -0.2) is 0 Å². The smallest absolute Gasteiger partial charge is 0.257 e. The van der Waals surface area contributed by atoms with E-state index in [1.807, 2.05) is 6.92 Å². The fraction of sp³-hybridized carbons (Fsp3) is 0.0714. The molecule has 0 bridgehead atoms. The highest BCUT2D eigenvalue weighted by Gasteiger charge is 2.13. The molecular formula is C14H13ClN2O2. The molecule has 0 unspecified atom stereocenters. The number of amides is 1. The first kappa shape index (κ1) is 13.2. The Bertz CT molecular complexity index is 641. The third-order valence-electron chi connectivity index (χ3n) is 2.70. The number of nitrogen functional groups attached to an aromatic ring is 1. The number of hydrogen-bond acceptors (Lipinski definition) is 3. The number of phenolic OH excluding ortho intramolecular Hbond substituents is 1. The van der Waals surface area contributed by atoms with Crippen molar-refractivity contribution in [2.24, 2.45) is 0 Å². The molecule has 0 aliphatic carbocycles. The summed E-state index contributed by atoms with van der Waals surface area (Å²) >= 11 is 5.86. The zero-order valence-corrected chi connectivity index (χ0v) is 11.0. The van der Waals surface area contributed by atoms with Crippen molar-refractivity contribution in [2.75, 3.05) is 11.1 Å². The highest BCUT2D eigenvalue weighted by atomic mass is 35.5. The zero-order valence-electron chi connectivity index (χ0n) is 10.3. The molecule has 2 aromatic rings. The number of phenols is 1. The Kier molecular flexibility index (Phi) is 3.62. The van der Waals surface area contributed by atoms with Crippen LogP contribution >= 0.6 is 11.6 Å². The maximum absolute atomic E-state index is 12.1. The topological polar surface area (TPSA) is 75.3 Å². The van der Waals surface area contributed by atoms with E-state index in [1.165, 1.54) is 6.07 Å². The molecule has 19 heavy (non-hydrogen) atoms. The number of aryl methyl sites for hydroxylation is 1. The van der Waals surface area contributed by atoms with Gasteiger partial charge in [0.15, 0.2) is 0 Å². The predicted octanol–water partition coefficient (Wildman–Crippen LogP) is 3.19. The maximum atomic E-state index is 12.1. The Morgan fingerprint density at radius 1 is 1.32 bits per heavy atom. The fourth-order valence-electron chi connectivity index (χ4n) is 1.67. The van der Waals surface area contributed by atoms with Crippen LogP contribution in [0.25, 0.3) is 0 Å². The summed E-state index contributed by atoms with van der Waals surface area (Å²) in [6.45, 7) is 1.86. The summed E-state index contributed by atoms with van der Waals surface area (Å²) in [6, 6.07) is 9.77. The van der Waals surface area contributed by atoms with Gasteiger partial charge in [-0.15, -0.1) is 0 Å². The quantitative estimate of drug-likeness (QED) is 0.582. The Balaban J connectivity index is 2.31. The maximum Gasteiger partial charge on any atom is 0.257 e. The van der Waals surface area contributed by atoms with Gasteiger partial charge in [-0.3, -0.25) is 4.79 Å². The number of rotatable bonds is 2. The second-order valence-corrected chi connectivity index (χ2v) is 4.58. The van der Waals surface area contributed by atoms with E-state index in [9.17, 15) is 9.90 Å². The summed E-state index contributed by atoms with van der Waals surface area (Å²) < 4.78 is 0. The van der Waals surface area contributed by atoms with Gasteiger partial charge in [0.25, 0.3) is 5.91 Å². The summed E-state index contributed by atoms with van der Waals surface area (Å²) in [5.74, 6) is -0.416. The molecule has 2 aromatic carbocycles. The second kappa shape index (κ2) is 5.20. The first-order chi connectivity index (χ1) is 8.99. The summed E-state index contributed by atoms with van der Waals surface area (Å²) in [7, 11) is 0. The van der Waals surface area contributed by atoms with Crippen molar-refractivity contribution in [3.05, 3.63) is 52.5 Å². The molecule has 1 amide bonds. The molecule has 0 fully saturated rings. The van der Waals surface area contributed by atoms with E-state index in [2.05, 4.69) is 5.32 Å². The molecule has 0 saturated heterocycles. The summed E-state index contributed by atoms with van der Waals surface area (Å²) in [4.78, 5) is 12.1. The predicted molar refractivity (Wildman–Crippen MR) is 76.7 cm³/mol. The number of nitrogens with two attached hydrogens (primary N) is 1. The van der Waals surface area contributed by atoms with Gasteiger partial charge in [0, 0.05) is 0 Å². The Hall–Kier alpha value is -2.20. The number of carbonyl (C=O) groups is 1. The van der Waals surface area contributed by atoms with Crippen LogP contribution in [-0.2, 0) is 0 Å². The van der Waals surface area contributed by atoms with Crippen LogP contribution < -0.4 is 11.1 Å². The number of carbonyl (C=O) groups excluding carboxylic acids is 1. The van der Waals surface area contributed by atoms with Crippen LogP contribution in [0.4, 0.5) is 11.4 Å². The summed E-state index contributed by atoms with van der Waals surface area (Å²) in [5.41, 5.74) is 7.50. The van der Waals surface area contributed by atoms with Crippen LogP contribution in [-0.4, -0.2) is 11.0 Å². The lowest BCUT2D eigenvalue weighted by Crippen LogP contribution is -2.14. The number of halogens is 1. The van der Waals surface area contributed by atoms with Crippen LogP contribution in [0.5, 0.6) is 5.75 Å². The highest BCUT2D eigenvalue weighted by molar-refractivity contribution is 6.34. The van der Waals surface area contributed by atoms with Gasteiger partial charge in [0.1, 0.15) is 5.75 Å². The molecule has 0 heterocycles. The first-order valence-corrected chi connectivity index (χ1v) is 6.02. The molecule has 98 valence electrons. The van der Waals surface area contributed by atoms with Crippen LogP contribution in [0.1, 0.15) is 15.9 Å². The van der Waals surface area contributed by atoms with E-state index in [1.54, 1.807) is 30.3 Å². The number of anilines is 2. The number of nitrogens with one attached hydrogen (secondary N) is 1. The van der Waals surface area contributed by atoms with E-state index >= 15 is 0 Å². The van der Waals surface area contributed by atoms with E-state index in [-0.39, 0.29) is 17.0 Å². The molecule has 0 aliphatic heterocycles. The Morgan fingerprint density at radius 3 is 2.79 bits per heavy atom. The molecule has 0 radical (unpaired) electrons. The first-order valence-electron chi connectivity index (χ1n) is 5.64. The molecule has 0 saturated carbocycles. The van der Waals surface area contributed by atoms with Gasteiger partial charge in [-0.2, -0.15) is 0 Å². The average molecular weight is 277 g/mol. The van der Waals surface area contributed by atoms with Crippen LogP contribution in [0, 0.1) is 6.92 Å². The molecule has 0 spiro atoms. The van der Waals surface area contributed by atoms with Crippen LogP contribution in [0.2, 0.25) is 5.02 Å². The van der Waals surface area contributed by atoms with E-state index < -0.39 is 5.91 Å². The van der Waals surface area contributed by atoms with Crippen molar-refractivity contribution < 1.29 is 9.90 Å². The third kappa shape index (κ3) is 2.80. The van der Waals surface area contributed by atoms with Crippen molar-refractivity contribution in [2.45, 2.75) is 6.92 Å². The van der Waals surface area contributed by atoms with Crippen LogP contribution in [0.15, 0.2) is 36.4 Å². The summed E-state index contributed by atoms with van der Waals surface area (Å²) in [5, 5.41) is 12.6. The molecule has 5 heteroatoms. The molecule has 2 rings (SSSR count). The lowest BCUT2D eigenvalue weighted by Gasteiger charge is -2.10. The van der Waals surface area contributed by atoms with Crippen LogP contribution in [0.3, 0.4) is 0 Å². The lowest BCUT2D eigenvalue weighted by molar-refractivity contribution is 0.102. The van der Waals surface area contributed by atoms with E-state index in [0.29, 0.717) is 10.7 Å². The zero-order chi connectivity index (χ0) is 14.0. The largest absolute Gasteiger partial charge is 0.506 e. The molecule has 0 aliphatic rings. The van der Waals surface area contributed by atoms with E-state index in [0.717, 1.165) is 5.56 Å². The normalized spacial score (nSPS) is 10.2. The third-order valence-corrected chi connectivity index (χ3v) is 3.03. The SMILES string of the molecule is Cc1ccc(O)c(NC(=O)c2cccc(Cl)c2N)c1. The van der Waals surface area contributed by atoms with Gasteiger partial charge in [0.05, 0.1) is 22.0 Å². The van der Waals surface area contributed by atoms with Gasteiger partial charge < -0.3 is 16.2 Å². The minimum atomic E-state index is -0.416. The number of hydrogen-bond donors (Lipinski definition) is 3. The fourth-order valence-corrected chi connectivity index (χ4v) is 1.85. The van der Waals surface area contributed by atoms with Crippen molar-refractivity contribution in [1.82, 2.24) is 0 Å². The standard InChI is InChI=1S/C14H13ClN2O2/c1-8-5-6-12(18)11(7-8)17-14(19)9-3-2-4-10(15)13(9)16/h2-7,18H,16H2,1H3,(H,17,19). The summed E-state index contributed by atoms with van der Waals surface area (Å²) in [6.07, 6.45) is 0. The lowest BCUT2D eigenvalue weighted by atomic mass is 10.1.